The summed E-state index contributed by atoms with van der Waals surface area (Å²) in [6.07, 6.45) is 2.02. The van der Waals surface area contributed by atoms with Crippen LogP contribution >= 0.6 is 0 Å². The molecule has 1 aliphatic rings. The van der Waals surface area contributed by atoms with Crippen LogP contribution in [0.1, 0.15) is 19.8 Å². The Balaban J connectivity index is 2.22. The first-order valence-electron chi connectivity index (χ1n) is 6.91. The van der Waals surface area contributed by atoms with Gasteiger partial charge in [0.15, 0.2) is 11.6 Å². The minimum absolute atomic E-state index is 0.0777. The summed E-state index contributed by atoms with van der Waals surface area (Å²) in [5, 5.41) is 0. The Morgan fingerprint density at radius 1 is 1.48 bits per heavy atom. The van der Waals surface area contributed by atoms with Crippen LogP contribution in [0.4, 0.5) is 24.5 Å². The quantitative estimate of drug-likeness (QED) is 0.821. The third-order valence-electron chi connectivity index (χ3n) is 3.47. The summed E-state index contributed by atoms with van der Waals surface area (Å²) in [4.78, 5) is 1.88. The van der Waals surface area contributed by atoms with Gasteiger partial charge in [-0.2, -0.15) is 8.78 Å². The molecule has 0 aromatic heterocycles. The van der Waals surface area contributed by atoms with Crippen LogP contribution in [0, 0.1) is 5.82 Å². The van der Waals surface area contributed by atoms with E-state index in [1.165, 1.54) is 6.07 Å². The zero-order valence-corrected chi connectivity index (χ0v) is 11.8. The van der Waals surface area contributed by atoms with Crippen LogP contribution in [0.3, 0.4) is 0 Å². The molecule has 0 amide bonds. The standard InChI is InChI=1S/C14H19F3N2O2/c1-2-19(8-9-4-3-5-20-9)12-7-13(21-14(16)17)10(15)6-11(12)18/h6-7,9,14H,2-5,8,18H2,1H3. The molecule has 0 aliphatic carbocycles. The number of hydrogen-bond acceptors (Lipinski definition) is 4. The van der Waals surface area contributed by atoms with Gasteiger partial charge in [-0.05, 0) is 19.8 Å². The van der Waals surface area contributed by atoms with Crippen LogP contribution < -0.4 is 15.4 Å². The number of hydrogen-bond donors (Lipinski definition) is 1. The molecule has 21 heavy (non-hydrogen) atoms. The van der Waals surface area contributed by atoms with Crippen LogP contribution in [0.5, 0.6) is 5.75 Å². The van der Waals surface area contributed by atoms with Gasteiger partial charge in [-0.25, -0.2) is 4.39 Å². The Kier molecular flexibility index (Phi) is 5.17. The summed E-state index contributed by atoms with van der Waals surface area (Å²) in [7, 11) is 0. The van der Waals surface area contributed by atoms with Crippen molar-refractivity contribution >= 4 is 11.4 Å². The average molecular weight is 304 g/mol. The van der Waals surface area contributed by atoms with E-state index in [1.54, 1.807) is 0 Å². The second-order valence-corrected chi connectivity index (χ2v) is 4.89. The first-order chi connectivity index (χ1) is 10.0. The predicted octanol–water partition coefficient (Wildman–Crippen LogP) is 3.01. The van der Waals surface area contributed by atoms with Gasteiger partial charge in [0.05, 0.1) is 17.5 Å². The highest BCUT2D eigenvalue weighted by molar-refractivity contribution is 5.70. The molecule has 7 heteroatoms. The van der Waals surface area contributed by atoms with Crippen LogP contribution in [0.2, 0.25) is 0 Å². The molecule has 1 aliphatic heterocycles. The van der Waals surface area contributed by atoms with Gasteiger partial charge < -0.3 is 20.1 Å². The van der Waals surface area contributed by atoms with E-state index in [0.717, 1.165) is 25.5 Å². The van der Waals surface area contributed by atoms with E-state index in [9.17, 15) is 13.2 Å². The second kappa shape index (κ2) is 6.89. The molecule has 0 spiro atoms. The van der Waals surface area contributed by atoms with Crippen molar-refractivity contribution in [2.45, 2.75) is 32.5 Å². The van der Waals surface area contributed by atoms with E-state index < -0.39 is 18.2 Å². The summed E-state index contributed by atoms with van der Waals surface area (Å²) in [5.41, 5.74) is 6.47. The number of halogens is 3. The van der Waals surface area contributed by atoms with Crippen molar-refractivity contribution < 1.29 is 22.6 Å². The smallest absolute Gasteiger partial charge is 0.387 e. The molecule has 1 aromatic carbocycles. The summed E-state index contributed by atoms with van der Waals surface area (Å²) >= 11 is 0. The van der Waals surface area contributed by atoms with Gasteiger partial charge in [-0.1, -0.05) is 0 Å². The second-order valence-electron chi connectivity index (χ2n) is 4.89. The molecule has 1 fully saturated rings. The maximum absolute atomic E-state index is 13.6. The van der Waals surface area contributed by atoms with Crippen molar-refractivity contribution in [1.29, 1.82) is 0 Å². The zero-order chi connectivity index (χ0) is 15.4. The van der Waals surface area contributed by atoms with Crippen molar-refractivity contribution in [3.63, 3.8) is 0 Å². The Labute approximate surface area is 121 Å². The SMILES string of the molecule is CCN(CC1CCCO1)c1cc(OC(F)F)c(F)cc1N. The van der Waals surface area contributed by atoms with Crippen molar-refractivity contribution in [2.24, 2.45) is 0 Å². The highest BCUT2D eigenvalue weighted by atomic mass is 19.3. The van der Waals surface area contributed by atoms with Crippen molar-refractivity contribution in [2.75, 3.05) is 30.3 Å². The molecule has 1 saturated heterocycles. The van der Waals surface area contributed by atoms with Gasteiger partial charge >= 0.3 is 6.61 Å². The fourth-order valence-electron chi connectivity index (χ4n) is 2.45. The molecule has 1 atom stereocenters. The Morgan fingerprint density at radius 3 is 2.81 bits per heavy atom. The van der Waals surface area contributed by atoms with E-state index in [4.69, 9.17) is 10.5 Å². The summed E-state index contributed by atoms with van der Waals surface area (Å²) in [6.45, 7) is 0.737. The van der Waals surface area contributed by atoms with Crippen molar-refractivity contribution in [3.8, 4) is 5.75 Å². The number of rotatable bonds is 6. The molecular formula is C14H19F3N2O2. The number of nitrogens with two attached hydrogens (primary N) is 1. The van der Waals surface area contributed by atoms with Crippen molar-refractivity contribution in [3.05, 3.63) is 17.9 Å². The van der Waals surface area contributed by atoms with Crippen molar-refractivity contribution in [1.82, 2.24) is 0 Å². The Morgan fingerprint density at radius 2 is 2.24 bits per heavy atom. The number of alkyl halides is 2. The Bertz CT molecular complexity index is 480. The topological polar surface area (TPSA) is 47.7 Å². The lowest BCUT2D eigenvalue weighted by atomic mass is 10.2. The normalized spacial score (nSPS) is 18.2. The Hall–Kier alpha value is -1.63. The molecule has 118 valence electrons. The molecule has 0 bridgehead atoms. The molecule has 1 aromatic rings. The van der Waals surface area contributed by atoms with E-state index in [2.05, 4.69) is 4.74 Å². The molecule has 0 saturated carbocycles. The molecule has 2 N–H and O–H groups in total. The van der Waals surface area contributed by atoms with Gasteiger partial charge in [-0.3, -0.25) is 0 Å². The lowest BCUT2D eigenvalue weighted by Crippen LogP contribution is -2.32. The molecule has 4 nitrogen and oxygen atoms in total. The fourth-order valence-corrected chi connectivity index (χ4v) is 2.45. The maximum atomic E-state index is 13.6. The highest BCUT2D eigenvalue weighted by Crippen LogP contribution is 2.32. The summed E-state index contributed by atoms with van der Waals surface area (Å²) < 4.78 is 47.9. The number of likely N-dealkylation sites (N-methyl/N-ethyl adjacent to an activating group) is 1. The third-order valence-corrected chi connectivity index (χ3v) is 3.47. The molecule has 0 radical (unpaired) electrons. The average Bonchev–Trinajstić information content (AvgIpc) is 2.92. The van der Waals surface area contributed by atoms with Gasteiger partial charge in [0.25, 0.3) is 0 Å². The number of nitrogen functional groups attached to an aromatic ring is 1. The zero-order valence-electron chi connectivity index (χ0n) is 11.8. The number of anilines is 2. The molecule has 1 heterocycles. The molecule has 1 unspecified atom stereocenters. The molecular weight excluding hydrogens is 285 g/mol. The monoisotopic (exact) mass is 304 g/mol. The largest absolute Gasteiger partial charge is 0.432 e. The lowest BCUT2D eigenvalue weighted by molar-refractivity contribution is -0.0521. The highest BCUT2D eigenvalue weighted by Gasteiger charge is 2.22. The molecule has 2 rings (SSSR count). The predicted molar refractivity (Wildman–Crippen MR) is 74.3 cm³/mol. The summed E-state index contributed by atoms with van der Waals surface area (Å²) in [5.74, 6) is -1.40. The van der Waals surface area contributed by atoms with Crippen LogP contribution in [-0.4, -0.2) is 32.4 Å². The number of nitrogens with zero attached hydrogens (tertiary/aromatic N) is 1. The van der Waals surface area contributed by atoms with Crippen LogP contribution in [0.15, 0.2) is 12.1 Å². The van der Waals surface area contributed by atoms with E-state index in [0.29, 0.717) is 18.8 Å². The van der Waals surface area contributed by atoms with E-state index in [-0.39, 0.29) is 11.8 Å². The lowest BCUT2D eigenvalue weighted by Gasteiger charge is -2.27. The first-order valence-corrected chi connectivity index (χ1v) is 6.91. The van der Waals surface area contributed by atoms with Crippen LogP contribution in [0.25, 0.3) is 0 Å². The maximum Gasteiger partial charge on any atom is 0.387 e. The van der Waals surface area contributed by atoms with E-state index >= 15 is 0 Å². The first kappa shape index (κ1) is 15.8. The van der Waals surface area contributed by atoms with E-state index in [1.807, 2.05) is 11.8 Å². The fraction of sp³-hybridized carbons (Fsp3) is 0.571. The summed E-state index contributed by atoms with van der Waals surface area (Å²) in [6, 6.07) is 2.22. The van der Waals surface area contributed by atoms with Gasteiger partial charge in [0.2, 0.25) is 0 Å². The number of ether oxygens (including phenoxy) is 2. The minimum atomic E-state index is -3.08. The van der Waals surface area contributed by atoms with Crippen LogP contribution in [-0.2, 0) is 4.74 Å². The van der Waals surface area contributed by atoms with Gasteiger partial charge in [0, 0.05) is 31.8 Å². The van der Waals surface area contributed by atoms with Gasteiger partial charge in [0.1, 0.15) is 0 Å². The van der Waals surface area contributed by atoms with Gasteiger partial charge in [-0.15, -0.1) is 0 Å². The minimum Gasteiger partial charge on any atom is -0.432 e. The number of benzene rings is 1. The third kappa shape index (κ3) is 3.93.